The average molecular weight is 314 g/mol. The van der Waals surface area contributed by atoms with Crippen LogP contribution in [-0.2, 0) is 20.3 Å². The lowest BCUT2D eigenvalue weighted by molar-refractivity contribution is -0.115. The second kappa shape index (κ2) is 6.53. The van der Waals surface area contributed by atoms with Crippen molar-refractivity contribution in [2.45, 2.75) is 36.9 Å². The van der Waals surface area contributed by atoms with Gasteiger partial charge >= 0.3 is 0 Å². The molecule has 0 spiro atoms. The Morgan fingerprint density at radius 2 is 2.29 bits per heavy atom. The summed E-state index contributed by atoms with van der Waals surface area (Å²) >= 11 is 0. The highest BCUT2D eigenvalue weighted by Crippen LogP contribution is 2.23. The van der Waals surface area contributed by atoms with E-state index in [4.69, 9.17) is 10.5 Å². The van der Waals surface area contributed by atoms with Crippen molar-refractivity contribution < 1.29 is 18.1 Å². The van der Waals surface area contributed by atoms with Crippen LogP contribution < -0.4 is 11.1 Å². The van der Waals surface area contributed by atoms with Crippen molar-refractivity contribution >= 4 is 28.1 Å². The number of nitrogens with two attached hydrogens (primary N) is 1. The Hall–Kier alpha value is -1.47. The number of nitrogens with one attached hydrogen (secondary N) is 1. The van der Waals surface area contributed by atoms with Gasteiger partial charge in [-0.25, -0.2) is 4.39 Å². The molecule has 1 aliphatic heterocycles. The zero-order valence-electron chi connectivity index (χ0n) is 12.0. The van der Waals surface area contributed by atoms with Crippen molar-refractivity contribution in [3.05, 3.63) is 24.0 Å². The largest absolute Gasteiger partial charge is 0.399 e. The third-order valence-electron chi connectivity index (χ3n) is 3.57. The first-order valence-electron chi connectivity index (χ1n) is 6.77. The molecule has 0 aliphatic carbocycles. The smallest absolute Gasteiger partial charge is 0.239 e. The summed E-state index contributed by atoms with van der Waals surface area (Å²) in [5.41, 5.74) is 5.91. The van der Waals surface area contributed by atoms with Crippen molar-refractivity contribution in [1.29, 1.82) is 0 Å². The number of rotatable bonds is 4. The van der Waals surface area contributed by atoms with Gasteiger partial charge in [0.15, 0.2) is 0 Å². The minimum atomic E-state index is -1.38. The fraction of sp³-hybridized carbons (Fsp3) is 0.500. The summed E-state index contributed by atoms with van der Waals surface area (Å²) in [6.45, 7) is 3.97. The molecule has 116 valence electrons. The van der Waals surface area contributed by atoms with Crippen LogP contribution in [0.25, 0.3) is 0 Å². The Bertz CT molecular complexity index is 567. The minimum Gasteiger partial charge on any atom is -0.399 e. The standard InChI is InChI=1S/C14H19FN2O3S/c1-8-13(5-6-20-8)21(19)9(2)14(18)17-12-7-10(16)3-4-11(12)15/h3-4,7-9,13H,5-6,16H2,1-2H3,(H,17,18). The van der Waals surface area contributed by atoms with E-state index in [1.807, 2.05) is 6.92 Å². The number of carbonyl (C=O) groups excluding carboxylic acids is 1. The Labute approximate surface area is 125 Å². The normalized spacial score (nSPS) is 24.5. The maximum Gasteiger partial charge on any atom is 0.239 e. The number of carbonyl (C=O) groups is 1. The lowest BCUT2D eigenvalue weighted by Gasteiger charge is -2.19. The van der Waals surface area contributed by atoms with Crippen LogP contribution in [-0.4, -0.2) is 33.3 Å². The van der Waals surface area contributed by atoms with E-state index >= 15 is 0 Å². The quantitative estimate of drug-likeness (QED) is 0.828. The van der Waals surface area contributed by atoms with E-state index in [1.54, 1.807) is 6.92 Å². The number of anilines is 2. The number of hydrogen-bond acceptors (Lipinski definition) is 4. The summed E-state index contributed by atoms with van der Waals surface area (Å²) in [5, 5.41) is 1.52. The molecule has 0 radical (unpaired) electrons. The van der Waals surface area contributed by atoms with Crippen molar-refractivity contribution in [2.24, 2.45) is 0 Å². The van der Waals surface area contributed by atoms with Gasteiger partial charge in [-0.15, -0.1) is 0 Å². The van der Waals surface area contributed by atoms with Crippen LogP contribution >= 0.6 is 0 Å². The third-order valence-corrected chi connectivity index (χ3v) is 5.70. The van der Waals surface area contributed by atoms with Crippen LogP contribution in [0.15, 0.2) is 18.2 Å². The summed E-state index contributed by atoms with van der Waals surface area (Å²) in [5.74, 6) is -1.06. The molecule has 1 amide bonds. The fourth-order valence-electron chi connectivity index (χ4n) is 2.26. The lowest BCUT2D eigenvalue weighted by atomic mass is 10.2. The minimum absolute atomic E-state index is 0.000398. The Balaban J connectivity index is 2.05. The van der Waals surface area contributed by atoms with Crippen molar-refractivity contribution in [3.8, 4) is 0 Å². The van der Waals surface area contributed by atoms with Crippen LogP contribution in [0.3, 0.4) is 0 Å². The van der Waals surface area contributed by atoms with Crippen molar-refractivity contribution in [1.82, 2.24) is 0 Å². The number of amides is 1. The monoisotopic (exact) mass is 314 g/mol. The second-order valence-electron chi connectivity index (χ2n) is 5.10. The van der Waals surface area contributed by atoms with Gasteiger partial charge in [-0.3, -0.25) is 9.00 Å². The van der Waals surface area contributed by atoms with E-state index in [0.29, 0.717) is 18.7 Å². The third kappa shape index (κ3) is 3.59. The van der Waals surface area contributed by atoms with Crippen LogP contribution in [0.1, 0.15) is 20.3 Å². The fourth-order valence-corrected chi connectivity index (χ4v) is 3.84. The topological polar surface area (TPSA) is 81.4 Å². The van der Waals surface area contributed by atoms with Gasteiger partial charge in [-0.2, -0.15) is 0 Å². The molecular weight excluding hydrogens is 295 g/mol. The number of nitrogen functional groups attached to an aromatic ring is 1. The van der Waals surface area contributed by atoms with Crippen LogP contribution in [0.2, 0.25) is 0 Å². The highest BCUT2D eigenvalue weighted by Gasteiger charge is 2.35. The molecule has 1 aliphatic rings. The van der Waals surface area contributed by atoms with Gasteiger partial charge in [0.1, 0.15) is 11.1 Å². The molecule has 0 bridgehead atoms. The highest BCUT2D eigenvalue weighted by molar-refractivity contribution is 7.87. The molecule has 1 aromatic rings. The molecule has 0 saturated carbocycles. The molecule has 1 aromatic carbocycles. The SMILES string of the molecule is CC1OCCC1S(=O)C(C)C(=O)Nc1cc(N)ccc1F. The zero-order chi connectivity index (χ0) is 15.6. The lowest BCUT2D eigenvalue weighted by Crippen LogP contribution is -2.37. The number of halogens is 1. The predicted molar refractivity (Wildman–Crippen MR) is 80.9 cm³/mol. The van der Waals surface area contributed by atoms with E-state index in [1.165, 1.54) is 18.2 Å². The number of hydrogen-bond donors (Lipinski definition) is 2. The molecule has 0 aromatic heterocycles. The van der Waals surface area contributed by atoms with E-state index < -0.39 is 27.8 Å². The van der Waals surface area contributed by atoms with Gasteiger partial charge in [0, 0.05) is 23.1 Å². The Kier molecular flexibility index (Phi) is 4.95. The van der Waals surface area contributed by atoms with Crippen LogP contribution in [0, 0.1) is 5.82 Å². The van der Waals surface area contributed by atoms with Crippen LogP contribution in [0.4, 0.5) is 15.8 Å². The van der Waals surface area contributed by atoms with Gasteiger partial charge in [-0.1, -0.05) is 0 Å². The van der Waals surface area contributed by atoms with Crippen LogP contribution in [0.5, 0.6) is 0 Å². The first-order chi connectivity index (χ1) is 9.90. The molecule has 7 heteroatoms. The van der Waals surface area contributed by atoms with E-state index in [2.05, 4.69) is 5.32 Å². The molecule has 4 atom stereocenters. The second-order valence-corrected chi connectivity index (χ2v) is 7.07. The maximum atomic E-state index is 13.6. The molecule has 1 saturated heterocycles. The molecule has 1 fully saturated rings. The van der Waals surface area contributed by atoms with E-state index in [9.17, 15) is 13.4 Å². The van der Waals surface area contributed by atoms with Gasteiger partial charge in [-0.05, 0) is 38.5 Å². The molecule has 4 unspecified atom stereocenters. The summed E-state index contributed by atoms with van der Waals surface area (Å²) in [4.78, 5) is 12.1. The van der Waals surface area contributed by atoms with Gasteiger partial charge in [0.2, 0.25) is 5.91 Å². The van der Waals surface area contributed by atoms with Gasteiger partial charge < -0.3 is 15.8 Å². The number of benzene rings is 1. The average Bonchev–Trinajstić information content (AvgIpc) is 2.87. The van der Waals surface area contributed by atoms with E-state index in [0.717, 1.165) is 0 Å². The van der Waals surface area contributed by atoms with E-state index in [-0.39, 0.29) is 17.0 Å². The highest BCUT2D eigenvalue weighted by atomic mass is 32.2. The summed E-state index contributed by atoms with van der Waals surface area (Å²) in [6.07, 6.45) is 0.531. The first-order valence-corrected chi connectivity index (χ1v) is 8.04. The molecule has 1 heterocycles. The summed E-state index contributed by atoms with van der Waals surface area (Å²) < 4.78 is 31.4. The zero-order valence-corrected chi connectivity index (χ0v) is 12.8. The molecule has 3 N–H and O–H groups in total. The summed E-state index contributed by atoms with van der Waals surface area (Å²) in [6, 6.07) is 3.92. The van der Waals surface area contributed by atoms with Crippen molar-refractivity contribution in [3.63, 3.8) is 0 Å². The van der Waals surface area contributed by atoms with Gasteiger partial charge in [0.05, 0.1) is 17.0 Å². The number of ether oxygens (including phenoxy) is 1. The molecule has 2 rings (SSSR count). The predicted octanol–water partition coefficient (Wildman–Crippen LogP) is 1.66. The molecule has 5 nitrogen and oxygen atoms in total. The molecule has 21 heavy (non-hydrogen) atoms. The Morgan fingerprint density at radius 1 is 1.57 bits per heavy atom. The maximum absolute atomic E-state index is 13.6. The Morgan fingerprint density at radius 3 is 2.90 bits per heavy atom. The summed E-state index contributed by atoms with van der Waals surface area (Å²) in [7, 11) is -1.38. The van der Waals surface area contributed by atoms with Crippen molar-refractivity contribution in [2.75, 3.05) is 17.7 Å². The van der Waals surface area contributed by atoms with Gasteiger partial charge in [0.25, 0.3) is 0 Å². The first kappa shape index (κ1) is 15.9. The molecular formula is C14H19FN2O3S.